The maximum absolute atomic E-state index is 13.1. The lowest BCUT2D eigenvalue weighted by molar-refractivity contribution is -0.384. The molecule has 2 N–H and O–H groups in total. The van der Waals surface area contributed by atoms with E-state index in [1.165, 1.54) is 12.1 Å². The van der Waals surface area contributed by atoms with Crippen LogP contribution in [0.2, 0.25) is 0 Å². The number of hydrogen-bond donors (Lipinski definition) is 1. The number of methoxy groups -OCH3 is 1. The van der Waals surface area contributed by atoms with E-state index in [1.54, 1.807) is 19.2 Å². The Morgan fingerprint density at radius 1 is 1.16 bits per heavy atom. The summed E-state index contributed by atoms with van der Waals surface area (Å²) in [4.78, 5) is 29.2. The lowest BCUT2D eigenvalue weighted by Crippen LogP contribution is -2.49. The molecule has 1 aliphatic rings. The number of H-pyrrole nitrogens is 1. The number of carbonyl (C=O) groups is 1. The molecule has 158 valence electrons. The van der Waals surface area contributed by atoms with Crippen LogP contribution >= 0.6 is 0 Å². The maximum atomic E-state index is 13.1. The first kappa shape index (κ1) is 20.5. The molecule has 31 heavy (non-hydrogen) atoms. The van der Waals surface area contributed by atoms with E-state index >= 15 is 0 Å². The third-order valence-electron chi connectivity index (χ3n) is 5.27. The predicted octanol–water partition coefficient (Wildman–Crippen LogP) is 3.31. The van der Waals surface area contributed by atoms with Crippen LogP contribution < -0.4 is 15.2 Å². The van der Waals surface area contributed by atoms with Gasteiger partial charge in [-0.1, -0.05) is 30.3 Å². The van der Waals surface area contributed by atoms with Crippen LogP contribution in [0.5, 0.6) is 0 Å². The fourth-order valence-electron chi connectivity index (χ4n) is 3.90. The van der Waals surface area contributed by atoms with Crippen molar-refractivity contribution in [2.45, 2.75) is 26.2 Å². The second kappa shape index (κ2) is 8.53. The number of rotatable bonds is 6. The number of fused-ring (bicyclic) bond motifs is 1. The van der Waals surface area contributed by atoms with Gasteiger partial charge in [-0.05, 0) is 30.7 Å². The topological polar surface area (TPSA) is 98.8 Å². The van der Waals surface area contributed by atoms with Gasteiger partial charge in [0, 0.05) is 30.4 Å². The first-order valence-corrected chi connectivity index (χ1v) is 9.88. The number of pyridine rings is 1. The molecule has 1 aliphatic heterocycles. The van der Waals surface area contributed by atoms with Crippen molar-refractivity contribution in [1.29, 1.82) is 0 Å². The van der Waals surface area contributed by atoms with E-state index in [1.807, 2.05) is 43.3 Å². The first-order chi connectivity index (χ1) is 15.0. The minimum atomic E-state index is -0.491. The van der Waals surface area contributed by atoms with E-state index in [9.17, 15) is 14.9 Å². The molecule has 1 aromatic heterocycles. The monoisotopic (exact) mass is 419 g/mol. The van der Waals surface area contributed by atoms with Gasteiger partial charge in [-0.25, -0.2) is 9.88 Å². The fraction of sp³-hybridized carbons (Fsp3) is 0.217. The summed E-state index contributed by atoms with van der Waals surface area (Å²) in [5.41, 5.74) is 4.07. The highest BCUT2D eigenvalue weighted by Crippen LogP contribution is 2.34. The Balaban J connectivity index is 1.83. The molecular formula is C23H23N4O4+. The van der Waals surface area contributed by atoms with Crippen molar-refractivity contribution in [3.05, 3.63) is 98.7 Å². The van der Waals surface area contributed by atoms with E-state index in [-0.39, 0.29) is 11.6 Å². The lowest BCUT2D eigenvalue weighted by Gasteiger charge is -2.33. The smallest absolute Gasteiger partial charge is 0.290 e. The molecule has 1 atom stereocenters. The zero-order valence-electron chi connectivity index (χ0n) is 17.3. The molecule has 0 radical (unpaired) electrons. The number of nitro groups is 1. The molecule has 2 aromatic carbocycles. The van der Waals surface area contributed by atoms with Crippen molar-refractivity contribution in [2.24, 2.45) is 0 Å². The number of nitrogens with one attached hydrogen (secondary N) is 2. The summed E-state index contributed by atoms with van der Waals surface area (Å²) in [6.45, 7) is 2.78. The zero-order chi connectivity index (χ0) is 22.0. The van der Waals surface area contributed by atoms with Crippen molar-refractivity contribution < 1.29 is 19.4 Å². The number of aryl methyl sites for hydroxylation is 1. The second-order valence-electron chi connectivity index (χ2n) is 7.47. The van der Waals surface area contributed by atoms with Crippen molar-refractivity contribution in [3.63, 3.8) is 0 Å². The Morgan fingerprint density at radius 2 is 1.87 bits per heavy atom. The molecule has 0 saturated heterocycles. The molecule has 0 bridgehead atoms. The Bertz CT molecular complexity index is 1120. The molecule has 4 rings (SSSR count). The molecule has 8 nitrogen and oxygen atoms in total. The fourth-order valence-corrected chi connectivity index (χ4v) is 3.90. The average Bonchev–Trinajstić information content (AvgIpc) is 2.76. The molecule has 3 aromatic rings. The number of non-ortho nitro benzene ring substituents is 1. The van der Waals surface area contributed by atoms with Crippen LogP contribution in [0.25, 0.3) is 0 Å². The van der Waals surface area contributed by atoms with Gasteiger partial charge in [-0.2, -0.15) is 0 Å². The summed E-state index contributed by atoms with van der Waals surface area (Å²) in [5.74, 6) is 0.481. The Labute approximate surface area is 179 Å². The van der Waals surface area contributed by atoms with Crippen LogP contribution in [-0.2, 0) is 17.9 Å². The van der Waals surface area contributed by atoms with E-state index in [0.717, 1.165) is 22.4 Å². The van der Waals surface area contributed by atoms with Crippen molar-refractivity contribution in [3.8, 4) is 0 Å². The molecule has 0 spiro atoms. The number of amides is 1. The van der Waals surface area contributed by atoms with Gasteiger partial charge in [-0.3, -0.25) is 14.9 Å². The summed E-state index contributed by atoms with van der Waals surface area (Å²) in [7, 11) is 1.60. The third kappa shape index (κ3) is 4.10. The quantitative estimate of drug-likeness (QED) is 0.488. The van der Waals surface area contributed by atoms with Gasteiger partial charge in [0.2, 0.25) is 0 Å². The van der Waals surface area contributed by atoms with Gasteiger partial charge in [0.05, 0.1) is 17.2 Å². The molecule has 0 saturated carbocycles. The van der Waals surface area contributed by atoms with Crippen molar-refractivity contribution >= 4 is 17.4 Å². The molecule has 0 aliphatic carbocycles. The predicted molar refractivity (Wildman–Crippen MR) is 114 cm³/mol. The molecule has 1 amide bonds. The normalized spacial score (nSPS) is 15.4. The average molecular weight is 419 g/mol. The van der Waals surface area contributed by atoms with Gasteiger partial charge >= 0.3 is 0 Å². The van der Waals surface area contributed by atoms with Crippen LogP contribution in [0.4, 0.5) is 11.5 Å². The number of nitro benzene ring substituents is 1. The standard InChI is InChI=1S/C23H22N4O4/c1-15-12-18(14-31-2)20-22(24-15)26(13-16-6-4-3-5-7-16)21(25-23(20)28)17-8-10-19(11-9-17)27(29)30/h3-12,21H,13-14H2,1-2H3,(H,25,28)/p+1/t21-/m0/s1. The summed E-state index contributed by atoms with van der Waals surface area (Å²) >= 11 is 0. The van der Waals surface area contributed by atoms with Gasteiger partial charge in [0.25, 0.3) is 17.4 Å². The Hall–Kier alpha value is -3.78. The molecule has 0 fully saturated rings. The number of aromatic nitrogens is 1. The minimum Gasteiger partial charge on any atom is -0.380 e. The zero-order valence-corrected chi connectivity index (χ0v) is 17.3. The van der Waals surface area contributed by atoms with Gasteiger partial charge < -0.3 is 10.1 Å². The Morgan fingerprint density at radius 3 is 2.52 bits per heavy atom. The number of aromatic amines is 1. The summed E-state index contributed by atoms with van der Waals surface area (Å²) in [6, 6.07) is 18.1. The summed E-state index contributed by atoms with van der Waals surface area (Å²) < 4.78 is 5.32. The van der Waals surface area contributed by atoms with Gasteiger partial charge in [0.1, 0.15) is 12.1 Å². The van der Waals surface area contributed by atoms with Crippen LogP contribution in [0.1, 0.15) is 38.9 Å². The molecule has 2 heterocycles. The highest BCUT2D eigenvalue weighted by molar-refractivity contribution is 6.01. The second-order valence-corrected chi connectivity index (χ2v) is 7.47. The van der Waals surface area contributed by atoms with Crippen LogP contribution in [0.3, 0.4) is 0 Å². The van der Waals surface area contributed by atoms with E-state index < -0.39 is 11.1 Å². The number of anilines is 1. The van der Waals surface area contributed by atoms with Crippen molar-refractivity contribution in [2.75, 3.05) is 12.0 Å². The van der Waals surface area contributed by atoms with Gasteiger partial charge in [-0.15, -0.1) is 0 Å². The first-order valence-electron chi connectivity index (χ1n) is 9.88. The summed E-state index contributed by atoms with van der Waals surface area (Å²) in [5, 5.41) is 14.1. The number of nitrogens with zero attached hydrogens (tertiary/aromatic N) is 2. The largest absolute Gasteiger partial charge is 0.380 e. The lowest BCUT2D eigenvalue weighted by atomic mass is 10.0. The van der Waals surface area contributed by atoms with Crippen LogP contribution in [0, 0.1) is 17.0 Å². The Kier molecular flexibility index (Phi) is 5.64. The van der Waals surface area contributed by atoms with Crippen molar-refractivity contribution in [1.82, 2.24) is 5.32 Å². The van der Waals surface area contributed by atoms with E-state index in [4.69, 9.17) is 4.74 Å². The molecule has 0 unspecified atom stereocenters. The number of ether oxygens (including phenoxy) is 1. The highest BCUT2D eigenvalue weighted by atomic mass is 16.6. The number of hydrogen-bond acceptors (Lipinski definition) is 5. The summed E-state index contributed by atoms with van der Waals surface area (Å²) in [6.07, 6.45) is -0.491. The third-order valence-corrected chi connectivity index (χ3v) is 5.27. The highest BCUT2D eigenvalue weighted by Gasteiger charge is 2.41. The van der Waals surface area contributed by atoms with Crippen LogP contribution in [-0.4, -0.2) is 17.9 Å². The van der Waals surface area contributed by atoms with Gasteiger partial charge in [0.15, 0.2) is 6.17 Å². The molecule has 8 heteroatoms. The SMILES string of the molecule is COCc1cc(C)[nH+]c2c1C(=O)N[C@H](c1ccc([N+](=O)[O-])cc1)N2Cc1ccccc1. The van der Waals surface area contributed by atoms with Crippen LogP contribution in [0.15, 0.2) is 60.7 Å². The maximum Gasteiger partial charge on any atom is 0.290 e. The van der Waals surface area contributed by atoms with E-state index in [0.29, 0.717) is 24.5 Å². The number of carbonyl (C=O) groups excluding carboxylic acids is 1. The van der Waals surface area contributed by atoms with E-state index in [2.05, 4.69) is 15.2 Å². The minimum absolute atomic E-state index is 0.00526. The molecular weight excluding hydrogens is 396 g/mol. The number of benzene rings is 2.